The number of carbonyl (C=O) groups excluding carboxylic acids is 1. The van der Waals surface area contributed by atoms with Crippen LogP contribution in [-0.2, 0) is 28.5 Å². The fraction of sp³-hybridized carbons (Fsp3) is 0.957. The third kappa shape index (κ3) is 25.3. The van der Waals surface area contributed by atoms with E-state index in [9.17, 15) is 4.79 Å². The molecule has 6 nitrogen and oxygen atoms in total. The van der Waals surface area contributed by atoms with E-state index in [2.05, 4.69) is 20.8 Å². The number of rotatable bonds is 23. The predicted molar refractivity (Wildman–Crippen MR) is 116 cm³/mol. The Morgan fingerprint density at radius 3 is 1.72 bits per heavy atom. The summed E-state index contributed by atoms with van der Waals surface area (Å²) in [6.45, 7) is 11.8. The quantitative estimate of drug-likeness (QED) is 0.176. The number of hydrogen-bond acceptors (Lipinski definition) is 6. The van der Waals surface area contributed by atoms with Gasteiger partial charge in [0, 0.05) is 19.6 Å². The fourth-order valence-electron chi connectivity index (χ4n) is 2.61. The van der Waals surface area contributed by atoms with E-state index in [0.29, 0.717) is 71.6 Å². The summed E-state index contributed by atoms with van der Waals surface area (Å²) in [5.41, 5.74) is 0. The summed E-state index contributed by atoms with van der Waals surface area (Å²) in [4.78, 5) is 11.6. The largest absolute Gasteiger partial charge is 0.466 e. The van der Waals surface area contributed by atoms with Gasteiger partial charge in [0.25, 0.3) is 0 Å². The monoisotopic (exact) mass is 418 g/mol. The van der Waals surface area contributed by atoms with E-state index in [1.165, 1.54) is 32.1 Å². The minimum Gasteiger partial charge on any atom is -0.466 e. The van der Waals surface area contributed by atoms with Crippen molar-refractivity contribution in [2.75, 3.05) is 59.5 Å². The van der Waals surface area contributed by atoms with Crippen molar-refractivity contribution in [2.24, 2.45) is 5.92 Å². The van der Waals surface area contributed by atoms with Crippen molar-refractivity contribution in [3.05, 3.63) is 0 Å². The molecule has 0 aromatic carbocycles. The van der Waals surface area contributed by atoms with Crippen LogP contribution in [-0.4, -0.2) is 65.4 Å². The summed E-state index contributed by atoms with van der Waals surface area (Å²) >= 11 is 0. The first kappa shape index (κ1) is 28.3. The Morgan fingerprint density at radius 1 is 0.621 bits per heavy atom. The average Bonchev–Trinajstić information content (AvgIpc) is 2.70. The Labute approximate surface area is 178 Å². The van der Waals surface area contributed by atoms with Crippen molar-refractivity contribution in [3.63, 3.8) is 0 Å². The molecule has 0 saturated heterocycles. The molecule has 0 rings (SSSR count). The van der Waals surface area contributed by atoms with E-state index in [1.54, 1.807) is 0 Å². The second kappa shape index (κ2) is 23.6. The van der Waals surface area contributed by atoms with Crippen LogP contribution < -0.4 is 0 Å². The lowest BCUT2D eigenvalue weighted by Crippen LogP contribution is -2.13. The standard InChI is InChI=1S/C23H46O6/c1-4-5-6-7-8-9-10-14-29-23(24)12-11-13-25-15-16-26-17-18-27-19-20-28-21-22(2)3/h22H,4-21H2,1-3H3. The third-order valence-electron chi connectivity index (χ3n) is 4.25. The van der Waals surface area contributed by atoms with Gasteiger partial charge in [-0.05, 0) is 18.8 Å². The van der Waals surface area contributed by atoms with Crippen LogP contribution in [0.2, 0.25) is 0 Å². The Bertz CT molecular complexity index is 335. The van der Waals surface area contributed by atoms with E-state index in [1.807, 2.05) is 0 Å². The first-order valence-corrected chi connectivity index (χ1v) is 11.6. The third-order valence-corrected chi connectivity index (χ3v) is 4.25. The molecule has 0 radical (unpaired) electrons. The van der Waals surface area contributed by atoms with Gasteiger partial charge < -0.3 is 23.7 Å². The molecule has 0 atom stereocenters. The summed E-state index contributed by atoms with van der Waals surface area (Å²) in [5.74, 6) is 0.434. The molecule has 0 aliphatic carbocycles. The maximum absolute atomic E-state index is 11.6. The van der Waals surface area contributed by atoms with Crippen LogP contribution in [0.5, 0.6) is 0 Å². The van der Waals surface area contributed by atoms with Gasteiger partial charge in [0.15, 0.2) is 0 Å². The smallest absolute Gasteiger partial charge is 0.305 e. The highest BCUT2D eigenvalue weighted by molar-refractivity contribution is 5.69. The maximum Gasteiger partial charge on any atom is 0.305 e. The number of esters is 1. The van der Waals surface area contributed by atoms with Gasteiger partial charge in [-0.2, -0.15) is 0 Å². The van der Waals surface area contributed by atoms with Gasteiger partial charge in [0.2, 0.25) is 0 Å². The molecule has 0 aromatic heterocycles. The average molecular weight is 419 g/mol. The Morgan fingerprint density at radius 2 is 1.14 bits per heavy atom. The molecule has 6 heteroatoms. The molecule has 0 unspecified atom stereocenters. The van der Waals surface area contributed by atoms with Crippen LogP contribution in [0.3, 0.4) is 0 Å². The molecule has 0 saturated carbocycles. The van der Waals surface area contributed by atoms with E-state index in [-0.39, 0.29) is 5.97 Å². The molecule has 0 bridgehead atoms. The van der Waals surface area contributed by atoms with Crippen LogP contribution in [0.1, 0.15) is 78.6 Å². The van der Waals surface area contributed by atoms with Crippen molar-refractivity contribution >= 4 is 5.97 Å². The zero-order chi connectivity index (χ0) is 21.4. The highest BCUT2D eigenvalue weighted by Crippen LogP contribution is 2.07. The number of hydrogen-bond donors (Lipinski definition) is 0. The molecular formula is C23H46O6. The molecule has 174 valence electrons. The normalized spacial score (nSPS) is 11.3. The maximum atomic E-state index is 11.6. The summed E-state index contributed by atoms with van der Waals surface area (Å²) in [6, 6.07) is 0. The predicted octanol–water partition coefficient (Wildman–Crippen LogP) is 4.78. The zero-order valence-corrected chi connectivity index (χ0v) is 19.3. The van der Waals surface area contributed by atoms with Gasteiger partial charge in [-0.1, -0.05) is 59.3 Å². The second-order valence-electron chi connectivity index (χ2n) is 7.75. The lowest BCUT2D eigenvalue weighted by molar-refractivity contribution is -0.144. The van der Waals surface area contributed by atoms with Gasteiger partial charge in [-0.15, -0.1) is 0 Å². The van der Waals surface area contributed by atoms with Crippen LogP contribution in [0.15, 0.2) is 0 Å². The van der Waals surface area contributed by atoms with Crippen LogP contribution >= 0.6 is 0 Å². The molecule has 0 heterocycles. The molecule has 29 heavy (non-hydrogen) atoms. The van der Waals surface area contributed by atoms with E-state index >= 15 is 0 Å². The van der Waals surface area contributed by atoms with Crippen molar-refractivity contribution in [1.29, 1.82) is 0 Å². The van der Waals surface area contributed by atoms with E-state index < -0.39 is 0 Å². The van der Waals surface area contributed by atoms with Gasteiger partial charge >= 0.3 is 5.97 Å². The molecule has 0 aliphatic rings. The Balaban J connectivity index is 3.14. The minimum absolute atomic E-state index is 0.120. The first-order valence-electron chi connectivity index (χ1n) is 11.6. The fourth-order valence-corrected chi connectivity index (χ4v) is 2.61. The highest BCUT2D eigenvalue weighted by atomic mass is 16.6. The van der Waals surface area contributed by atoms with Gasteiger partial charge in [0.05, 0.1) is 46.2 Å². The van der Waals surface area contributed by atoms with Crippen LogP contribution in [0.4, 0.5) is 0 Å². The topological polar surface area (TPSA) is 63.2 Å². The molecule has 0 amide bonds. The van der Waals surface area contributed by atoms with Crippen molar-refractivity contribution in [1.82, 2.24) is 0 Å². The summed E-state index contributed by atoms with van der Waals surface area (Å²) in [7, 11) is 0. The molecule has 0 aliphatic heterocycles. The van der Waals surface area contributed by atoms with Crippen LogP contribution in [0.25, 0.3) is 0 Å². The highest BCUT2D eigenvalue weighted by Gasteiger charge is 2.02. The molecule has 0 fully saturated rings. The molecule has 0 spiro atoms. The SMILES string of the molecule is CCCCCCCCCOC(=O)CCCOCCOCCOCCOCC(C)C. The summed E-state index contributed by atoms with van der Waals surface area (Å²) in [6.07, 6.45) is 9.69. The van der Waals surface area contributed by atoms with E-state index in [4.69, 9.17) is 23.7 Å². The summed E-state index contributed by atoms with van der Waals surface area (Å²) < 4.78 is 27.0. The summed E-state index contributed by atoms with van der Waals surface area (Å²) in [5, 5.41) is 0. The number of ether oxygens (including phenoxy) is 5. The van der Waals surface area contributed by atoms with Gasteiger partial charge in [-0.3, -0.25) is 4.79 Å². The molecule has 0 aromatic rings. The van der Waals surface area contributed by atoms with Gasteiger partial charge in [-0.25, -0.2) is 0 Å². The second-order valence-corrected chi connectivity index (χ2v) is 7.75. The lowest BCUT2D eigenvalue weighted by atomic mass is 10.1. The minimum atomic E-state index is -0.120. The van der Waals surface area contributed by atoms with Crippen molar-refractivity contribution < 1.29 is 28.5 Å². The zero-order valence-electron chi connectivity index (χ0n) is 19.3. The Kier molecular flexibility index (Phi) is 23.0. The van der Waals surface area contributed by atoms with Crippen LogP contribution in [0, 0.1) is 5.92 Å². The first-order chi connectivity index (χ1) is 14.2. The number of unbranched alkanes of at least 4 members (excludes halogenated alkanes) is 6. The number of carbonyl (C=O) groups is 1. The van der Waals surface area contributed by atoms with Crippen molar-refractivity contribution in [2.45, 2.75) is 78.6 Å². The van der Waals surface area contributed by atoms with Gasteiger partial charge in [0.1, 0.15) is 0 Å². The lowest BCUT2D eigenvalue weighted by Gasteiger charge is -2.08. The molecular weight excluding hydrogens is 372 g/mol. The molecule has 0 N–H and O–H groups in total. The van der Waals surface area contributed by atoms with E-state index in [0.717, 1.165) is 19.4 Å². The van der Waals surface area contributed by atoms with Crippen molar-refractivity contribution in [3.8, 4) is 0 Å². The Hall–Kier alpha value is -0.690.